The van der Waals surface area contributed by atoms with Gasteiger partial charge in [0, 0.05) is 6.54 Å². The van der Waals surface area contributed by atoms with E-state index in [0.717, 1.165) is 67.3 Å². The first-order chi connectivity index (χ1) is 13.0. The molecule has 0 heterocycles. The second-order valence-electron chi connectivity index (χ2n) is 6.75. The first-order valence-corrected chi connectivity index (χ1v) is 9.77. The highest BCUT2D eigenvalue weighted by Gasteiger charge is 2.08. The van der Waals surface area contributed by atoms with Crippen molar-refractivity contribution in [2.75, 3.05) is 40.5 Å². The topological polar surface area (TPSA) is 43.3 Å². The molecule has 27 heavy (non-hydrogen) atoms. The van der Waals surface area contributed by atoms with Crippen LogP contribution in [-0.4, -0.2) is 51.1 Å². The number of oxime groups is 1. The lowest BCUT2D eigenvalue weighted by atomic mass is 10.1. The standard InChI is InChI=1S/C22H36N2O3/c1-7-9-13-26-21-15-18(3)22(19(4)16-21)27-14-11-10-12-24(5)17-20(8-2)23-25-6/h7,9,15-16H,8,10-14,17H2,1-6H3/b9-7+,23-20?. The Labute approximate surface area is 165 Å². The maximum Gasteiger partial charge on any atom is 0.125 e. The van der Waals surface area contributed by atoms with Crippen LogP contribution in [0.1, 0.15) is 44.2 Å². The van der Waals surface area contributed by atoms with Crippen LogP contribution in [0.25, 0.3) is 0 Å². The zero-order valence-electron chi connectivity index (χ0n) is 17.9. The van der Waals surface area contributed by atoms with E-state index in [4.69, 9.17) is 14.3 Å². The summed E-state index contributed by atoms with van der Waals surface area (Å²) >= 11 is 0. The van der Waals surface area contributed by atoms with Gasteiger partial charge < -0.3 is 19.2 Å². The summed E-state index contributed by atoms with van der Waals surface area (Å²) in [6, 6.07) is 4.09. The summed E-state index contributed by atoms with van der Waals surface area (Å²) in [7, 11) is 3.71. The zero-order chi connectivity index (χ0) is 20.1. The number of allylic oxidation sites excluding steroid dienone is 1. The molecule has 0 N–H and O–H groups in total. The van der Waals surface area contributed by atoms with Crippen molar-refractivity contribution in [1.29, 1.82) is 0 Å². The summed E-state index contributed by atoms with van der Waals surface area (Å²) in [5.41, 5.74) is 3.30. The van der Waals surface area contributed by atoms with Crippen LogP contribution < -0.4 is 9.47 Å². The predicted molar refractivity (Wildman–Crippen MR) is 113 cm³/mol. The van der Waals surface area contributed by atoms with Crippen molar-refractivity contribution in [2.45, 2.75) is 47.0 Å². The van der Waals surface area contributed by atoms with Gasteiger partial charge in [0.15, 0.2) is 0 Å². The van der Waals surface area contributed by atoms with E-state index in [9.17, 15) is 0 Å². The Kier molecular flexibility index (Phi) is 11.3. The van der Waals surface area contributed by atoms with Crippen LogP contribution in [0.2, 0.25) is 0 Å². The van der Waals surface area contributed by atoms with Gasteiger partial charge in [0.1, 0.15) is 25.2 Å². The first kappa shape index (κ1) is 23.0. The van der Waals surface area contributed by atoms with Gasteiger partial charge >= 0.3 is 0 Å². The second kappa shape index (κ2) is 13.2. The lowest BCUT2D eigenvalue weighted by molar-refractivity contribution is 0.209. The van der Waals surface area contributed by atoms with Crippen molar-refractivity contribution < 1.29 is 14.3 Å². The third-order valence-corrected chi connectivity index (χ3v) is 4.28. The van der Waals surface area contributed by atoms with Gasteiger partial charge in [-0.15, -0.1) is 0 Å². The third-order valence-electron chi connectivity index (χ3n) is 4.28. The molecule has 0 aliphatic heterocycles. The number of rotatable bonds is 13. The fraction of sp³-hybridized carbons (Fsp3) is 0.591. The zero-order valence-corrected chi connectivity index (χ0v) is 17.9. The number of aryl methyl sites for hydroxylation is 2. The molecule has 0 amide bonds. The third kappa shape index (κ3) is 8.96. The maximum absolute atomic E-state index is 6.04. The van der Waals surface area contributed by atoms with Crippen LogP contribution in [0.15, 0.2) is 29.4 Å². The quantitative estimate of drug-likeness (QED) is 0.215. The van der Waals surface area contributed by atoms with Gasteiger partial charge in [-0.3, -0.25) is 0 Å². The van der Waals surface area contributed by atoms with Crippen LogP contribution in [0.4, 0.5) is 0 Å². The summed E-state index contributed by atoms with van der Waals surface area (Å²) in [4.78, 5) is 7.15. The van der Waals surface area contributed by atoms with Gasteiger partial charge in [0.2, 0.25) is 0 Å². The van der Waals surface area contributed by atoms with Gasteiger partial charge in [-0.25, -0.2) is 0 Å². The molecule has 0 saturated heterocycles. The van der Waals surface area contributed by atoms with E-state index in [0.29, 0.717) is 6.61 Å². The molecule has 152 valence electrons. The lowest BCUT2D eigenvalue weighted by Gasteiger charge is -2.17. The van der Waals surface area contributed by atoms with Gasteiger partial charge in [-0.2, -0.15) is 0 Å². The molecular weight excluding hydrogens is 340 g/mol. The number of nitrogens with zero attached hydrogens (tertiary/aromatic N) is 2. The molecule has 1 aromatic rings. The molecule has 0 saturated carbocycles. The molecule has 0 aliphatic carbocycles. The lowest BCUT2D eigenvalue weighted by Crippen LogP contribution is -2.27. The Morgan fingerprint density at radius 1 is 1.15 bits per heavy atom. The molecule has 5 heteroatoms. The van der Waals surface area contributed by atoms with E-state index >= 15 is 0 Å². The Bertz CT molecular complexity index is 589. The molecule has 0 unspecified atom stereocenters. The molecule has 0 spiro atoms. The summed E-state index contributed by atoms with van der Waals surface area (Å²) in [5, 5.41) is 4.05. The highest BCUT2D eigenvalue weighted by molar-refractivity contribution is 5.85. The Morgan fingerprint density at radius 3 is 2.44 bits per heavy atom. The van der Waals surface area contributed by atoms with Crippen molar-refractivity contribution in [3.05, 3.63) is 35.4 Å². The SMILES string of the molecule is C/C=C/COc1cc(C)c(OCCCCN(C)CC(CC)=NOC)c(C)c1. The molecule has 0 aromatic heterocycles. The number of unbranched alkanes of at least 4 members (excludes halogenated alkanes) is 1. The number of hydrogen-bond donors (Lipinski definition) is 0. The van der Waals surface area contributed by atoms with E-state index in [-0.39, 0.29) is 0 Å². The van der Waals surface area contributed by atoms with Crippen molar-refractivity contribution in [3.63, 3.8) is 0 Å². The molecule has 1 aromatic carbocycles. The fourth-order valence-corrected chi connectivity index (χ4v) is 2.85. The highest BCUT2D eigenvalue weighted by atomic mass is 16.6. The van der Waals surface area contributed by atoms with E-state index < -0.39 is 0 Å². The molecule has 0 bridgehead atoms. The summed E-state index contributed by atoms with van der Waals surface area (Å²) in [6.07, 6.45) is 7.00. The monoisotopic (exact) mass is 376 g/mol. The molecule has 0 fully saturated rings. The molecular formula is C22H36N2O3. The van der Waals surface area contributed by atoms with Gasteiger partial charge in [-0.05, 0) is 76.9 Å². The fourth-order valence-electron chi connectivity index (χ4n) is 2.85. The first-order valence-electron chi connectivity index (χ1n) is 9.77. The molecule has 0 radical (unpaired) electrons. The van der Waals surface area contributed by atoms with Crippen molar-refractivity contribution in [1.82, 2.24) is 4.90 Å². The van der Waals surface area contributed by atoms with Crippen LogP contribution in [0, 0.1) is 13.8 Å². The van der Waals surface area contributed by atoms with Crippen molar-refractivity contribution in [3.8, 4) is 11.5 Å². The van der Waals surface area contributed by atoms with Gasteiger partial charge in [0.25, 0.3) is 0 Å². The Balaban J connectivity index is 2.38. The Morgan fingerprint density at radius 2 is 1.85 bits per heavy atom. The van der Waals surface area contributed by atoms with Crippen molar-refractivity contribution in [2.24, 2.45) is 5.16 Å². The van der Waals surface area contributed by atoms with E-state index in [2.05, 4.69) is 37.9 Å². The largest absolute Gasteiger partial charge is 0.493 e. The summed E-state index contributed by atoms with van der Waals surface area (Å²) in [5.74, 6) is 1.86. The number of hydrogen-bond acceptors (Lipinski definition) is 5. The molecule has 5 nitrogen and oxygen atoms in total. The van der Waals surface area contributed by atoms with Crippen molar-refractivity contribution >= 4 is 5.71 Å². The van der Waals surface area contributed by atoms with Crippen LogP contribution >= 0.6 is 0 Å². The van der Waals surface area contributed by atoms with Crippen LogP contribution in [0.5, 0.6) is 11.5 Å². The molecule has 0 aliphatic rings. The summed E-state index contributed by atoms with van der Waals surface area (Å²) < 4.78 is 11.8. The maximum atomic E-state index is 6.04. The van der Waals surface area contributed by atoms with E-state index in [1.165, 1.54) is 0 Å². The van der Waals surface area contributed by atoms with Gasteiger partial charge in [-0.1, -0.05) is 24.2 Å². The summed E-state index contributed by atoms with van der Waals surface area (Å²) in [6.45, 7) is 11.4. The average Bonchev–Trinajstić information content (AvgIpc) is 2.63. The normalized spacial score (nSPS) is 12.0. The average molecular weight is 377 g/mol. The van der Waals surface area contributed by atoms with Crippen LogP contribution in [-0.2, 0) is 4.84 Å². The molecule has 0 atom stereocenters. The number of ether oxygens (including phenoxy) is 2. The minimum absolute atomic E-state index is 0.595. The Hall–Kier alpha value is -2.01. The second-order valence-corrected chi connectivity index (χ2v) is 6.75. The minimum Gasteiger partial charge on any atom is -0.493 e. The molecule has 1 rings (SSSR count). The van der Waals surface area contributed by atoms with E-state index in [1.807, 2.05) is 31.2 Å². The number of benzene rings is 1. The van der Waals surface area contributed by atoms with Crippen LogP contribution in [0.3, 0.4) is 0 Å². The smallest absolute Gasteiger partial charge is 0.125 e. The van der Waals surface area contributed by atoms with E-state index in [1.54, 1.807) is 7.11 Å². The minimum atomic E-state index is 0.595. The highest BCUT2D eigenvalue weighted by Crippen LogP contribution is 2.28. The predicted octanol–water partition coefficient (Wildman–Crippen LogP) is 4.76. The van der Waals surface area contributed by atoms with Gasteiger partial charge in [0.05, 0.1) is 12.3 Å².